The number of nitrogens with zero attached hydrogens (tertiary/aromatic N) is 3. The minimum Gasteiger partial charge on any atom is -0.348 e. The number of nitrogens with one attached hydrogen (secondary N) is 2. The highest BCUT2D eigenvalue weighted by Gasteiger charge is 2.11. The lowest BCUT2D eigenvalue weighted by molar-refractivity contribution is 0.0951. The van der Waals surface area contributed by atoms with Gasteiger partial charge in [0.15, 0.2) is 0 Å². The van der Waals surface area contributed by atoms with Crippen molar-refractivity contribution < 1.29 is 4.79 Å². The molecule has 8 nitrogen and oxygen atoms in total. The lowest BCUT2D eigenvalue weighted by Crippen LogP contribution is -2.34. The van der Waals surface area contributed by atoms with Crippen molar-refractivity contribution in [3.63, 3.8) is 0 Å². The first-order valence-electron chi connectivity index (χ1n) is 8.10. The topological polar surface area (TPSA) is 102 Å². The lowest BCUT2D eigenvalue weighted by atomic mass is 10.1. The van der Waals surface area contributed by atoms with Gasteiger partial charge in [-0.25, -0.2) is 4.79 Å². The number of rotatable bonds is 5. The van der Waals surface area contributed by atoms with Gasteiger partial charge in [-0.3, -0.25) is 18.8 Å². The number of aryl methyl sites for hydroxylation is 1. The standard InChI is InChI=1S/C17H19N5O3/c1-3-21-10-11(9-19-21)8-18-15(23)12-5-6-13-14(7-12)20-17(25)22(4-2)16(13)24/h5-7,9-10H,3-4,8H2,1-2H3,(H,18,23)(H,20,25). The maximum absolute atomic E-state index is 12.3. The van der Waals surface area contributed by atoms with Gasteiger partial charge in [0.25, 0.3) is 11.5 Å². The third-order valence-corrected chi connectivity index (χ3v) is 4.02. The zero-order chi connectivity index (χ0) is 18.0. The molecule has 0 aliphatic rings. The van der Waals surface area contributed by atoms with Crippen LogP contribution < -0.4 is 16.6 Å². The molecule has 2 N–H and O–H groups in total. The van der Waals surface area contributed by atoms with Crippen LogP contribution in [0.2, 0.25) is 0 Å². The average Bonchev–Trinajstić information content (AvgIpc) is 3.07. The predicted molar refractivity (Wildman–Crippen MR) is 93.6 cm³/mol. The fourth-order valence-corrected chi connectivity index (χ4v) is 2.64. The largest absolute Gasteiger partial charge is 0.348 e. The molecule has 0 fully saturated rings. The summed E-state index contributed by atoms with van der Waals surface area (Å²) in [5, 5.41) is 7.33. The zero-order valence-corrected chi connectivity index (χ0v) is 14.1. The smallest absolute Gasteiger partial charge is 0.328 e. The molecule has 2 heterocycles. The number of H-pyrrole nitrogens is 1. The third kappa shape index (κ3) is 3.23. The number of hydrogen-bond donors (Lipinski definition) is 2. The Morgan fingerprint density at radius 1 is 1.24 bits per heavy atom. The first-order valence-corrected chi connectivity index (χ1v) is 8.10. The summed E-state index contributed by atoms with van der Waals surface area (Å²) in [4.78, 5) is 39.1. The van der Waals surface area contributed by atoms with E-state index in [4.69, 9.17) is 0 Å². The molecule has 0 bridgehead atoms. The van der Waals surface area contributed by atoms with Gasteiger partial charge in [0, 0.05) is 37.0 Å². The summed E-state index contributed by atoms with van der Waals surface area (Å²) in [7, 11) is 0. The van der Waals surface area contributed by atoms with Crippen LogP contribution in [0.15, 0.2) is 40.2 Å². The van der Waals surface area contributed by atoms with Gasteiger partial charge in [-0.2, -0.15) is 5.10 Å². The second-order valence-electron chi connectivity index (χ2n) is 5.63. The minimum atomic E-state index is -0.482. The van der Waals surface area contributed by atoms with Gasteiger partial charge in [0.05, 0.1) is 17.1 Å². The summed E-state index contributed by atoms with van der Waals surface area (Å²) in [6.07, 6.45) is 3.57. The van der Waals surface area contributed by atoms with Gasteiger partial charge in [-0.15, -0.1) is 0 Å². The molecule has 1 aromatic carbocycles. The van der Waals surface area contributed by atoms with Crippen molar-refractivity contribution in [3.8, 4) is 0 Å². The van der Waals surface area contributed by atoms with Crippen LogP contribution >= 0.6 is 0 Å². The summed E-state index contributed by atoms with van der Waals surface area (Å²) >= 11 is 0. The Bertz CT molecular complexity index is 1040. The van der Waals surface area contributed by atoms with Gasteiger partial charge in [0.2, 0.25) is 0 Å². The van der Waals surface area contributed by atoms with Crippen molar-refractivity contribution in [2.75, 3.05) is 0 Å². The van der Waals surface area contributed by atoms with Gasteiger partial charge >= 0.3 is 5.69 Å². The van der Waals surface area contributed by atoms with Crippen molar-refractivity contribution in [2.24, 2.45) is 0 Å². The molecule has 0 radical (unpaired) electrons. The van der Waals surface area contributed by atoms with Gasteiger partial charge in [-0.1, -0.05) is 0 Å². The van der Waals surface area contributed by atoms with E-state index in [1.165, 1.54) is 6.07 Å². The Labute approximate surface area is 143 Å². The van der Waals surface area contributed by atoms with Crippen molar-refractivity contribution >= 4 is 16.8 Å². The molecule has 25 heavy (non-hydrogen) atoms. The Morgan fingerprint density at radius 2 is 2.04 bits per heavy atom. The van der Waals surface area contributed by atoms with Crippen molar-refractivity contribution in [2.45, 2.75) is 33.5 Å². The SMILES string of the molecule is CCn1cc(CNC(=O)c2ccc3c(=O)n(CC)c(=O)[nH]c3c2)cn1. The Balaban J connectivity index is 1.84. The van der Waals surface area contributed by atoms with Crippen LogP contribution in [0.3, 0.4) is 0 Å². The van der Waals surface area contributed by atoms with Crippen LogP contribution in [-0.4, -0.2) is 25.2 Å². The van der Waals surface area contributed by atoms with Gasteiger partial charge < -0.3 is 10.3 Å². The average molecular weight is 341 g/mol. The monoisotopic (exact) mass is 341 g/mol. The molecule has 130 valence electrons. The molecule has 3 rings (SSSR count). The zero-order valence-electron chi connectivity index (χ0n) is 14.1. The summed E-state index contributed by atoms with van der Waals surface area (Å²) in [6, 6.07) is 4.65. The van der Waals surface area contributed by atoms with Gasteiger partial charge in [0.1, 0.15) is 0 Å². The van der Waals surface area contributed by atoms with Crippen LogP contribution in [0.25, 0.3) is 10.9 Å². The number of hydrogen-bond acceptors (Lipinski definition) is 4. The number of carbonyl (C=O) groups excluding carboxylic acids is 1. The molecule has 2 aromatic heterocycles. The number of benzene rings is 1. The predicted octanol–water partition coefficient (Wildman–Crippen LogP) is 0.856. The molecular weight excluding hydrogens is 322 g/mol. The molecule has 0 saturated carbocycles. The van der Waals surface area contributed by atoms with E-state index in [2.05, 4.69) is 15.4 Å². The number of aromatic nitrogens is 4. The molecule has 3 aromatic rings. The number of aromatic amines is 1. The molecule has 0 atom stereocenters. The van der Waals surface area contributed by atoms with Crippen LogP contribution in [0, 0.1) is 0 Å². The third-order valence-electron chi connectivity index (χ3n) is 4.02. The fraction of sp³-hybridized carbons (Fsp3) is 0.294. The van der Waals surface area contributed by atoms with Crippen LogP contribution in [0.4, 0.5) is 0 Å². The Kier molecular flexibility index (Phi) is 4.51. The fourth-order valence-electron chi connectivity index (χ4n) is 2.64. The molecule has 1 amide bonds. The summed E-state index contributed by atoms with van der Waals surface area (Å²) in [6.45, 7) is 5.12. The van der Waals surface area contributed by atoms with Crippen molar-refractivity contribution in [3.05, 3.63) is 62.6 Å². The van der Waals surface area contributed by atoms with Crippen LogP contribution in [-0.2, 0) is 19.6 Å². The first kappa shape index (κ1) is 16.7. The molecule has 0 aliphatic heterocycles. The molecule has 0 saturated heterocycles. The van der Waals surface area contributed by atoms with Crippen LogP contribution in [0.5, 0.6) is 0 Å². The lowest BCUT2D eigenvalue weighted by Gasteiger charge is -2.07. The molecular formula is C17H19N5O3. The molecule has 0 aliphatic carbocycles. The van der Waals surface area contributed by atoms with E-state index in [1.54, 1.807) is 29.9 Å². The highest BCUT2D eigenvalue weighted by Crippen LogP contribution is 2.09. The van der Waals surface area contributed by atoms with Gasteiger partial charge in [-0.05, 0) is 32.0 Å². The van der Waals surface area contributed by atoms with Crippen molar-refractivity contribution in [1.82, 2.24) is 24.6 Å². The quantitative estimate of drug-likeness (QED) is 0.718. The maximum Gasteiger partial charge on any atom is 0.328 e. The second kappa shape index (κ2) is 6.76. The summed E-state index contributed by atoms with van der Waals surface area (Å²) < 4.78 is 2.90. The van der Waals surface area contributed by atoms with E-state index in [-0.39, 0.29) is 18.0 Å². The molecule has 0 spiro atoms. The van der Waals surface area contributed by atoms with Crippen molar-refractivity contribution in [1.29, 1.82) is 0 Å². The number of fused-ring (bicyclic) bond motifs is 1. The molecule has 8 heteroatoms. The highest BCUT2D eigenvalue weighted by molar-refractivity contribution is 5.97. The van der Waals surface area contributed by atoms with Crippen LogP contribution in [0.1, 0.15) is 29.8 Å². The van der Waals surface area contributed by atoms with E-state index in [1.807, 2.05) is 13.1 Å². The minimum absolute atomic E-state index is 0.285. The second-order valence-corrected chi connectivity index (χ2v) is 5.63. The van der Waals surface area contributed by atoms with E-state index in [9.17, 15) is 14.4 Å². The van der Waals surface area contributed by atoms with E-state index in [0.29, 0.717) is 23.0 Å². The van der Waals surface area contributed by atoms with E-state index < -0.39 is 5.69 Å². The van der Waals surface area contributed by atoms with E-state index >= 15 is 0 Å². The van der Waals surface area contributed by atoms with E-state index in [0.717, 1.165) is 16.7 Å². The first-order chi connectivity index (χ1) is 12.0. The Morgan fingerprint density at radius 3 is 2.72 bits per heavy atom. The molecule has 0 unspecified atom stereocenters. The highest BCUT2D eigenvalue weighted by atomic mass is 16.2. The summed E-state index contributed by atoms with van der Waals surface area (Å²) in [5.41, 5.74) is 0.783. The number of carbonyl (C=O) groups is 1. The Hall–Kier alpha value is -3.16. The maximum atomic E-state index is 12.3. The summed E-state index contributed by atoms with van der Waals surface area (Å²) in [5.74, 6) is -0.285. The number of amides is 1. The normalized spacial score (nSPS) is 11.0.